The van der Waals surface area contributed by atoms with Crippen molar-refractivity contribution in [1.29, 1.82) is 0 Å². The van der Waals surface area contributed by atoms with Gasteiger partial charge in [0.05, 0.1) is 12.7 Å². The maximum Gasteiger partial charge on any atom is 0.268 e. The minimum atomic E-state index is -0.447. The first-order valence-corrected chi connectivity index (χ1v) is 11.6. The predicted molar refractivity (Wildman–Crippen MR) is 118 cm³/mol. The molecule has 1 saturated heterocycles. The molecule has 172 valence electrons. The monoisotopic (exact) mass is 462 g/mol. The minimum Gasteiger partial charge on any atom is -0.485 e. The van der Waals surface area contributed by atoms with Crippen molar-refractivity contribution in [2.24, 2.45) is 5.92 Å². The Morgan fingerprint density at radius 3 is 2.81 bits per heavy atom. The van der Waals surface area contributed by atoms with Crippen LogP contribution in [0.3, 0.4) is 0 Å². The zero-order valence-corrected chi connectivity index (χ0v) is 19.0. The van der Waals surface area contributed by atoms with E-state index in [9.17, 15) is 14.0 Å². The van der Waals surface area contributed by atoms with Gasteiger partial charge in [-0.25, -0.2) is 4.39 Å². The second-order valence-corrected chi connectivity index (χ2v) is 9.24. The molecule has 0 saturated carbocycles. The van der Waals surface area contributed by atoms with Crippen LogP contribution in [0.2, 0.25) is 0 Å². The maximum absolute atomic E-state index is 14.1. The lowest BCUT2D eigenvalue weighted by atomic mass is 10.2. The van der Waals surface area contributed by atoms with Crippen molar-refractivity contribution in [3.63, 3.8) is 0 Å². The van der Waals surface area contributed by atoms with Crippen molar-refractivity contribution >= 4 is 23.2 Å². The van der Waals surface area contributed by atoms with Gasteiger partial charge in [-0.15, -0.1) is 11.3 Å². The fourth-order valence-corrected chi connectivity index (χ4v) is 4.73. The second kappa shape index (κ2) is 9.87. The van der Waals surface area contributed by atoms with E-state index in [0.29, 0.717) is 48.2 Å². The number of nitrogens with zero attached hydrogens (tertiary/aromatic N) is 2. The molecule has 2 amide bonds. The van der Waals surface area contributed by atoms with Crippen molar-refractivity contribution in [1.82, 2.24) is 9.80 Å². The Morgan fingerprint density at radius 1 is 1.25 bits per heavy atom. The van der Waals surface area contributed by atoms with Gasteiger partial charge in [0, 0.05) is 30.6 Å². The molecule has 0 N–H and O–H groups in total. The van der Waals surface area contributed by atoms with Gasteiger partial charge in [0.1, 0.15) is 30.5 Å². The van der Waals surface area contributed by atoms with Crippen LogP contribution in [0.25, 0.3) is 0 Å². The van der Waals surface area contributed by atoms with E-state index < -0.39 is 6.10 Å². The number of amides is 2. The number of rotatable bonds is 6. The number of benzene rings is 1. The highest BCUT2D eigenvalue weighted by Crippen LogP contribution is 2.40. The lowest BCUT2D eigenvalue weighted by Gasteiger charge is -2.26. The van der Waals surface area contributed by atoms with E-state index in [1.807, 2.05) is 13.8 Å². The number of thiophene rings is 1. The molecule has 0 radical (unpaired) electrons. The van der Waals surface area contributed by atoms with E-state index in [4.69, 9.17) is 14.2 Å². The number of fused-ring (bicyclic) bond motifs is 1. The van der Waals surface area contributed by atoms with E-state index in [1.165, 1.54) is 22.3 Å². The van der Waals surface area contributed by atoms with Crippen LogP contribution in [-0.4, -0.2) is 67.1 Å². The normalized spacial score (nSPS) is 18.8. The van der Waals surface area contributed by atoms with Crippen LogP contribution in [0, 0.1) is 11.7 Å². The SMILES string of the molecule is CC(C)CN1C[C@H](OCc2ccccc2F)CN(C(=O)c2scc3c2OCCO3)CC1=O. The Balaban J connectivity index is 1.54. The number of hydrogen-bond donors (Lipinski definition) is 0. The van der Waals surface area contributed by atoms with Gasteiger partial charge in [-0.2, -0.15) is 0 Å². The fourth-order valence-electron chi connectivity index (χ4n) is 3.83. The molecule has 2 aliphatic heterocycles. The molecule has 2 aliphatic rings. The van der Waals surface area contributed by atoms with Gasteiger partial charge in [-0.05, 0) is 12.0 Å². The van der Waals surface area contributed by atoms with Gasteiger partial charge in [0.2, 0.25) is 5.91 Å². The van der Waals surface area contributed by atoms with Gasteiger partial charge in [0.25, 0.3) is 5.91 Å². The highest BCUT2D eigenvalue weighted by Gasteiger charge is 2.34. The molecule has 1 atom stereocenters. The van der Waals surface area contributed by atoms with Crippen LogP contribution < -0.4 is 9.47 Å². The first-order valence-electron chi connectivity index (χ1n) is 10.7. The first-order chi connectivity index (χ1) is 15.4. The summed E-state index contributed by atoms with van der Waals surface area (Å²) in [6.45, 7) is 6.03. The Labute approximate surface area is 190 Å². The summed E-state index contributed by atoms with van der Waals surface area (Å²) in [5, 5.41) is 1.75. The zero-order chi connectivity index (χ0) is 22.7. The molecule has 1 fully saturated rings. The zero-order valence-electron chi connectivity index (χ0n) is 18.2. The first kappa shape index (κ1) is 22.5. The predicted octanol–water partition coefficient (Wildman–Crippen LogP) is 3.18. The van der Waals surface area contributed by atoms with E-state index in [-0.39, 0.29) is 43.2 Å². The molecule has 3 heterocycles. The van der Waals surface area contributed by atoms with Gasteiger partial charge in [-0.3, -0.25) is 9.59 Å². The standard InChI is InChI=1S/C23H27FN2O5S/c1-15(2)9-25-10-17(31-13-16-5-3-4-6-18(16)24)11-26(12-20(25)27)23(28)22-21-19(14-32-22)29-7-8-30-21/h3-6,14-15,17H,7-13H2,1-2H3/t17-/m0/s1. The summed E-state index contributed by atoms with van der Waals surface area (Å²) < 4.78 is 31.3. The third kappa shape index (κ3) is 5.05. The highest BCUT2D eigenvalue weighted by atomic mass is 32.1. The van der Waals surface area contributed by atoms with E-state index in [1.54, 1.807) is 28.5 Å². The third-order valence-corrected chi connectivity index (χ3v) is 6.26. The van der Waals surface area contributed by atoms with Crippen LogP contribution in [0.15, 0.2) is 29.6 Å². The number of hydrogen-bond acceptors (Lipinski definition) is 6. The average molecular weight is 463 g/mol. The molecule has 2 aromatic rings. The Kier molecular flexibility index (Phi) is 6.95. The number of carbonyl (C=O) groups excluding carboxylic acids is 2. The van der Waals surface area contributed by atoms with Crippen LogP contribution in [0.5, 0.6) is 11.5 Å². The lowest BCUT2D eigenvalue weighted by Crippen LogP contribution is -2.40. The van der Waals surface area contributed by atoms with Gasteiger partial charge in [-0.1, -0.05) is 32.0 Å². The summed E-state index contributed by atoms with van der Waals surface area (Å²) in [5.74, 6) is 0.493. The average Bonchev–Trinajstić information content (AvgIpc) is 3.13. The largest absolute Gasteiger partial charge is 0.485 e. The molecule has 32 heavy (non-hydrogen) atoms. The number of halogens is 1. The molecular formula is C23H27FN2O5S. The van der Waals surface area contributed by atoms with Crippen LogP contribution >= 0.6 is 11.3 Å². The van der Waals surface area contributed by atoms with Gasteiger partial charge >= 0.3 is 0 Å². The topological polar surface area (TPSA) is 68.3 Å². The van der Waals surface area contributed by atoms with Crippen LogP contribution in [0.4, 0.5) is 4.39 Å². The molecular weight excluding hydrogens is 435 g/mol. The Hall–Kier alpha value is -2.65. The quantitative estimate of drug-likeness (QED) is 0.660. The molecule has 0 spiro atoms. The van der Waals surface area contributed by atoms with Crippen molar-refractivity contribution in [2.75, 3.05) is 39.4 Å². The van der Waals surface area contributed by atoms with Gasteiger partial charge in [0.15, 0.2) is 11.5 Å². The fraction of sp³-hybridized carbons (Fsp3) is 0.478. The maximum atomic E-state index is 14.1. The number of ether oxygens (including phenoxy) is 3. The third-order valence-electron chi connectivity index (χ3n) is 5.33. The molecule has 7 nitrogen and oxygen atoms in total. The Morgan fingerprint density at radius 2 is 2.03 bits per heavy atom. The van der Waals surface area contributed by atoms with Gasteiger partial charge < -0.3 is 24.0 Å². The van der Waals surface area contributed by atoms with Crippen molar-refractivity contribution in [2.45, 2.75) is 26.6 Å². The smallest absolute Gasteiger partial charge is 0.268 e. The van der Waals surface area contributed by atoms with E-state index >= 15 is 0 Å². The summed E-state index contributed by atoms with van der Waals surface area (Å²) in [6, 6.07) is 6.43. The van der Waals surface area contributed by atoms with E-state index in [2.05, 4.69) is 0 Å². The number of carbonyl (C=O) groups is 2. The summed E-state index contributed by atoms with van der Waals surface area (Å²) in [4.78, 5) is 30.0. The molecule has 0 bridgehead atoms. The van der Waals surface area contributed by atoms with Crippen molar-refractivity contribution in [3.05, 3.63) is 45.9 Å². The summed E-state index contributed by atoms with van der Waals surface area (Å²) in [6.07, 6.45) is -0.447. The second-order valence-electron chi connectivity index (χ2n) is 8.36. The molecule has 0 unspecified atom stereocenters. The van der Waals surface area contributed by atoms with Crippen LogP contribution in [0.1, 0.15) is 29.1 Å². The molecule has 1 aromatic carbocycles. The van der Waals surface area contributed by atoms with Crippen molar-refractivity contribution in [3.8, 4) is 11.5 Å². The highest BCUT2D eigenvalue weighted by molar-refractivity contribution is 7.12. The molecule has 0 aliphatic carbocycles. The summed E-state index contributed by atoms with van der Waals surface area (Å²) in [5.41, 5.74) is 0.439. The molecule has 1 aromatic heterocycles. The lowest BCUT2D eigenvalue weighted by molar-refractivity contribution is -0.132. The molecule has 9 heteroatoms. The summed E-state index contributed by atoms with van der Waals surface area (Å²) >= 11 is 1.24. The van der Waals surface area contributed by atoms with Crippen LogP contribution in [-0.2, 0) is 16.1 Å². The van der Waals surface area contributed by atoms with Crippen molar-refractivity contribution < 1.29 is 28.2 Å². The molecule has 4 rings (SSSR count). The van der Waals surface area contributed by atoms with E-state index in [0.717, 1.165) is 0 Å². The summed E-state index contributed by atoms with van der Waals surface area (Å²) in [7, 11) is 0. The Bertz CT molecular complexity index is 979. The minimum absolute atomic E-state index is 0.0430.